The van der Waals surface area contributed by atoms with Crippen LogP contribution < -0.4 is 9.62 Å². The van der Waals surface area contributed by atoms with Gasteiger partial charge in [-0.3, -0.25) is 9.10 Å². The van der Waals surface area contributed by atoms with Gasteiger partial charge in [0.2, 0.25) is 15.9 Å². The van der Waals surface area contributed by atoms with Crippen molar-refractivity contribution in [3.63, 3.8) is 0 Å². The number of hydrogen-bond acceptors (Lipinski definition) is 3. The van der Waals surface area contributed by atoms with Crippen LogP contribution in [-0.2, 0) is 14.8 Å². The van der Waals surface area contributed by atoms with Gasteiger partial charge in [-0.15, -0.1) is 0 Å². The fourth-order valence-electron chi connectivity index (χ4n) is 2.12. The monoisotopic (exact) mass is 478 g/mol. The minimum absolute atomic E-state index is 0.265. The molecule has 0 bridgehead atoms. The maximum atomic E-state index is 12.3. The zero-order valence-electron chi connectivity index (χ0n) is 13.1. The first-order valence-corrected chi connectivity index (χ1v) is 10.3. The maximum absolute atomic E-state index is 12.3. The fraction of sp³-hybridized carbons (Fsp3) is 0.188. The molecule has 24 heavy (non-hydrogen) atoms. The normalized spacial score (nSPS) is 11.2. The standard InChI is InChI=1S/C16H16ClIN2O3S/c1-11-9-12(18)7-8-14(11)19-16(21)10-20(24(2,22)23)15-6-4-3-5-13(15)17/h3-9H,10H2,1-2H3,(H,19,21). The Morgan fingerprint density at radius 1 is 1.25 bits per heavy atom. The average molecular weight is 479 g/mol. The van der Waals surface area contributed by atoms with Gasteiger partial charge in [0.05, 0.1) is 17.0 Å². The minimum atomic E-state index is -3.66. The Morgan fingerprint density at radius 3 is 2.50 bits per heavy atom. The molecule has 0 spiro atoms. The van der Waals surface area contributed by atoms with E-state index in [9.17, 15) is 13.2 Å². The van der Waals surface area contributed by atoms with Crippen LogP contribution in [0.4, 0.5) is 11.4 Å². The van der Waals surface area contributed by atoms with Gasteiger partial charge in [-0.25, -0.2) is 8.42 Å². The molecule has 128 valence electrons. The molecule has 1 amide bonds. The van der Waals surface area contributed by atoms with Gasteiger partial charge in [0.1, 0.15) is 6.54 Å². The summed E-state index contributed by atoms with van der Waals surface area (Å²) in [5.74, 6) is -0.440. The predicted molar refractivity (Wildman–Crippen MR) is 106 cm³/mol. The first-order valence-electron chi connectivity index (χ1n) is 6.97. The van der Waals surface area contributed by atoms with Crippen LogP contribution >= 0.6 is 34.2 Å². The van der Waals surface area contributed by atoms with Crippen molar-refractivity contribution < 1.29 is 13.2 Å². The number of benzene rings is 2. The number of nitrogens with one attached hydrogen (secondary N) is 1. The van der Waals surface area contributed by atoms with Crippen LogP contribution in [0.1, 0.15) is 5.56 Å². The van der Waals surface area contributed by atoms with Crippen molar-refractivity contribution in [3.8, 4) is 0 Å². The van der Waals surface area contributed by atoms with Crippen LogP contribution in [0.5, 0.6) is 0 Å². The zero-order chi connectivity index (χ0) is 17.9. The number of rotatable bonds is 5. The van der Waals surface area contributed by atoms with E-state index in [2.05, 4.69) is 27.9 Å². The zero-order valence-corrected chi connectivity index (χ0v) is 16.8. The number of nitrogens with zero attached hydrogens (tertiary/aromatic N) is 1. The lowest BCUT2D eigenvalue weighted by atomic mass is 10.2. The summed E-state index contributed by atoms with van der Waals surface area (Å²) in [6.45, 7) is 1.52. The molecule has 0 fully saturated rings. The number of halogens is 2. The summed E-state index contributed by atoms with van der Waals surface area (Å²) in [4.78, 5) is 12.3. The van der Waals surface area contributed by atoms with Crippen molar-refractivity contribution in [3.05, 3.63) is 56.6 Å². The fourth-order valence-corrected chi connectivity index (χ4v) is 3.93. The number of aryl methyl sites for hydroxylation is 1. The van der Waals surface area contributed by atoms with Crippen LogP contribution in [-0.4, -0.2) is 27.1 Å². The van der Waals surface area contributed by atoms with Crippen molar-refractivity contribution in [2.24, 2.45) is 0 Å². The van der Waals surface area contributed by atoms with E-state index in [0.717, 1.165) is 19.7 Å². The Balaban J connectivity index is 2.24. The van der Waals surface area contributed by atoms with Crippen LogP contribution in [0.15, 0.2) is 42.5 Å². The summed E-state index contributed by atoms with van der Waals surface area (Å²) in [5.41, 5.74) is 1.82. The Hall–Kier alpha value is -1.32. The molecule has 0 aromatic heterocycles. The average Bonchev–Trinajstić information content (AvgIpc) is 2.47. The Morgan fingerprint density at radius 2 is 1.92 bits per heavy atom. The minimum Gasteiger partial charge on any atom is -0.324 e. The molecule has 0 saturated heterocycles. The largest absolute Gasteiger partial charge is 0.324 e. The molecule has 0 unspecified atom stereocenters. The molecule has 0 aliphatic rings. The molecule has 0 atom stereocenters. The third-order valence-corrected chi connectivity index (χ3v) is 5.39. The lowest BCUT2D eigenvalue weighted by Crippen LogP contribution is -2.37. The Kier molecular flexibility index (Phi) is 6.11. The molecular formula is C16H16ClIN2O3S. The summed E-state index contributed by atoms with van der Waals surface area (Å²) in [7, 11) is -3.66. The van der Waals surface area contributed by atoms with Crippen LogP contribution in [0.25, 0.3) is 0 Å². The number of anilines is 2. The maximum Gasteiger partial charge on any atom is 0.245 e. The third kappa shape index (κ3) is 4.84. The number of hydrogen-bond donors (Lipinski definition) is 1. The van der Waals surface area contributed by atoms with Gasteiger partial charge in [0.15, 0.2) is 0 Å². The third-order valence-electron chi connectivity index (χ3n) is 3.27. The molecule has 2 aromatic carbocycles. The second-order valence-corrected chi connectivity index (χ2v) is 8.79. The van der Waals surface area contributed by atoms with Crippen molar-refractivity contribution in [2.75, 3.05) is 22.4 Å². The van der Waals surface area contributed by atoms with Gasteiger partial charge >= 0.3 is 0 Å². The molecule has 0 radical (unpaired) electrons. The molecule has 0 heterocycles. The second kappa shape index (κ2) is 7.71. The number of amides is 1. The van der Waals surface area contributed by atoms with Gasteiger partial charge in [-0.2, -0.15) is 0 Å². The van der Waals surface area contributed by atoms with E-state index in [1.54, 1.807) is 30.3 Å². The quantitative estimate of drug-likeness (QED) is 0.667. The molecule has 8 heteroatoms. The van der Waals surface area contributed by atoms with Gasteiger partial charge in [-0.05, 0) is 65.4 Å². The topological polar surface area (TPSA) is 66.5 Å². The summed E-state index contributed by atoms with van der Waals surface area (Å²) in [6, 6.07) is 12.1. The van der Waals surface area contributed by atoms with Crippen molar-refractivity contribution >= 4 is 61.5 Å². The van der Waals surface area contributed by atoms with Crippen molar-refractivity contribution in [1.29, 1.82) is 0 Å². The number of carbonyl (C=O) groups excluding carboxylic acids is 1. The van der Waals surface area contributed by atoms with Crippen LogP contribution in [0.3, 0.4) is 0 Å². The van der Waals surface area contributed by atoms with E-state index >= 15 is 0 Å². The molecule has 2 aromatic rings. The highest BCUT2D eigenvalue weighted by Gasteiger charge is 2.23. The van der Waals surface area contributed by atoms with Crippen molar-refractivity contribution in [1.82, 2.24) is 0 Å². The van der Waals surface area contributed by atoms with E-state index < -0.39 is 15.9 Å². The smallest absolute Gasteiger partial charge is 0.245 e. The predicted octanol–water partition coefficient (Wildman–Crippen LogP) is 3.66. The van der Waals surface area contributed by atoms with Gasteiger partial charge in [-0.1, -0.05) is 23.7 Å². The van der Waals surface area contributed by atoms with Gasteiger partial charge in [0.25, 0.3) is 0 Å². The molecule has 0 aliphatic heterocycles. The first-order chi connectivity index (χ1) is 11.2. The van der Waals surface area contributed by atoms with E-state index in [1.807, 2.05) is 19.1 Å². The highest BCUT2D eigenvalue weighted by molar-refractivity contribution is 14.1. The number of para-hydroxylation sites is 1. The Bertz CT molecular complexity index is 871. The van der Waals surface area contributed by atoms with Crippen LogP contribution in [0.2, 0.25) is 5.02 Å². The lowest BCUT2D eigenvalue weighted by molar-refractivity contribution is -0.114. The van der Waals surface area contributed by atoms with E-state index in [1.165, 1.54) is 0 Å². The number of carbonyl (C=O) groups is 1. The van der Waals surface area contributed by atoms with Gasteiger partial charge in [0, 0.05) is 9.26 Å². The summed E-state index contributed by atoms with van der Waals surface area (Å²) in [6.07, 6.45) is 1.04. The first kappa shape index (κ1) is 19.0. The van der Waals surface area contributed by atoms with Crippen molar-refractivity contribution in [2.45, 2.75) is 6.92 Å². The Labute approximate surface area is 160 Å². The molecule has 1 N–H and O–H groups in total. The molecular weight excluding hydrogens is 463 g/mol. The summed E-state index contributed by atoms with van der Waals surface area (Å²) < 4.78 is 26.2. The van der Waals surface area contributed by atoms with Crippen LogP contribution in [0, 0.1) is 10.5 Å². The molecule has 0 aliphatic carbocycles. The second-order valence-electron chi connectivity index (χ2n) is 5.23. The highest BCUT2D eigenvalue weighted by atomic mass is 127. The SMILES string of the molecule is Cc1cc(I)ccc1NC(=O)CN(c1ccccc1Cl)S(C)(=O)=O. The number of sulfonamides is 1. The summed E-state index contributed by atoms with van der Waals surface area (Å²) in [5, 5.41) is 3.00. The van der Waals surface area contributed by atoms with E-state index in [-0.39, 0.29) is 17.3 Å². The van der Waals surface area contributed by atoms with E-state index in [4.69, 9.17) is 11.6 Å². The lowest BCUT2D eigenvalue weighted by Gasteiger charge is -2.23. The highest BCUT2D eigenvalue weighted by Crippen LogP contribution is 2.27. The molecule has 5 nitrogen and oxygen atoms in total. The molecule has 2 rings (SSSR count). The molecule has 0 saturated carbocycles. The summed E-state index contributed by atoms with van der Waals surface area (Å²) >= 11 is 8.26. The van der Waals surface area contributed by atoms with Gasteiger partial charge < -0.3 is 5.32 Å². The van der Waals surface area contributed by atoms with E-state index in [0.29, 0.717) is 5.69 Å².